The molecule has 4 nitrogen and oxygen atoms in total. The highest BCUT2D eigenvalue weighted by Crippen LogP contribution is 1.86. The summed E-state index contributed by atoms with van der Waals surface area (Å²) in [7, 11) is 2.00. The Balaban J connectivity index is 3.21. The van der Waals surface area contributed by atoms with E-state index in [1.807, 2.05) is 14.0 Å². The largest absolute Gasteiger partial charge is 0.388 e. The topological polar surface area (TPSA) is 62.3 Å². The molecular weight excluding hydrogens is 154 g/mol. The summed E-state index contributed by atoms with van der Waals surface area (Å²) in [4.78, 5) is 2.11. The quantitative estimate of drug-likeness (QED) is 0.330. The van der Waals surface area contributed by atoms with Gasteiger partial charge >= 0.3 is 0 Å². The molecule has 4 heteroatoms. The summed E-state index contributed by atoms with van der Waals surface area (Å²) >= 11 is 0. The van der Waals surface area contributed by atoms with Gasteiger partial charge in [-0.05, 0) is 14.0 Å². The standard InChI is InChI=1S/C8H19N3O/c1-3-12-7-6-11(2)5-4-8(9)10/h3-7H2,1-2H3,(H3,9,10). The third kappa shape index (κ3) is 7.50. The van der Waals surface area contributed by atoms with Gasteiger partial charge in [0.1, 0.15) is 0 Å². The summed E-state index contributed by atoms with van der Waals surface area (Å²) in [6, 6.07) is 0. The predicted molar refractivity (Wildman–Crippen MR) is 50.5 cm³/mol. The molecule has 0 saturated carbocycles. The highest BCUT2D eigenvalue weighted by Gasteiger charge is 1.98. The van der Waals surface area contributed by atoms with Gasteiger partial charge in [0.2, 0.25) is 0 Å². The fourth-order valence-corrected chi connectivity index (χ4v) is 0.788. The second-order valence-corrected chi connectivity index (χ2v) is 2.78. The zero-order valence-corrected chi connectivity index (χ0v) is 7.97. The zero-order chi connectivity index (χ0) is 9.40. The molecule has 0 fully saturated rings. The molecule has 0 aromatic rings. The number of likely N-dealkylation sites (N-methyl/N-ethyl adjacent to an activating group) is 1. The fraction of sp³-hybridized carbons (Fsp3) is 0.875. The minimum Gasteiger partial charge on any atom is -0.388 e. The molecule has 0 aromatic carbocycles. The molecule has 0 aromatic heterocycles. The normalized spacial score (nSPS) is 10.6. The first-order valence-electron chi connectivity index (χ1n) is 4.26. The summed E-state index contributed by atoms with van der Waals surface area (Å²) in [5.41, 5.74) is 5.22. The first kappa shape index (κ1) is 11.4. The van der Waals surface area contributed by atoms with Gasteiger partial charge in [0.25, 0.3) is 0 Å². The summed E-state index contributed by atoms with van der Waals surface area (Å²) in [5.74, 6) is 0.248. The van der Waals surface area contributed by atoms with Crippen molar-refractivity contribution < 1.29 is 4.74 Å². The lowest BCUT2D eigenvalue weighted by atomic mass is 10.4. The van der Waals surface area contributed by atoms with Crippen LogP contribution in [0.15, 0.2) is 0 Å². The van der Waals surface area contributed by atoms with E-state index in [4.69, 9.17) is 15.9 Å². The highest BCUT2D eigenvalue weighted by molar-refractivity contribution is 5.76. The van der Waals surface area contributed by atoms with Crippen molar-refractivity contribution in [2.24, 2.45) is 5.73 Å². The van der Waals surface area contributed by atoms with E-state index in [9.17, 15) is 0 Å². The van der Waals surface area contributed by atoms with Crippen LogP contribution in [0.1, 0.15) is 13.3 Å². The first-order chi connectivity index (χ1) is 5.66. The SMILES string of the molecule is CCOCCN(C)CCC(=N)N. The van der Waals surface area contributed by atoms with Crippen LogP contribution in [-0.4, -0.2) is 44.1 Å². The van der Waals surface area contributed by atoms with Crippen molar-refractivity contribution >= 4 is 5.84 Å². The lowest BCUT2D eigenvalue weighted by Crippen LogP contribution is -2.27. The van der Waals surface area contributed by atoms with E-state index in [2.05, 4.69) is 4.90 Å². The van der Waals surface area contributed by atoms with Gasteiger partial charge in [0, 0.05) is 26.1 Å². The van der Waals surface area contributed by atoms with Crippen molar-refractivity contribution in [2.75, 3.05) is 33.4 Å². The van der Waals surface area contributed by atoms with Crippen molar-refractivity contribution in [3.05, 3.63) is 0 Å². The maximum absolute atomic E-state index is 7.02. The van der Waals surface area contributed by atoms with Gasteiger partial charge in [0.05, 0.1) is 12.4 Å². The Morgan fingerprint density at radius 1 is 1.50 bits per heavy atom. The van der Waals surface area contributed by atoms with E-state index in [1.165, 1.54) is 0 Å². The predicted octanol–water partition coefficient (Wildman–Crippen LogP) is 0.281. The fourth-order valence-electron chi connectivity index (χ4n) is 0.788. The summed E-state index contributed by atoms with van der Waals surface area (Å²) in [5, 5.41) is 7.02. The highest BCUT2D eigenvalue weighted by atomic mass is 16.5. The Morgan fingerprint density at radius 3 is 2.67 bits per heavy atom. The van der Waals surface area contributed by atoms with Crippen LogP contribution in [0.2, 0.25) is 0 Å². The van der Waals surface area contributed by atoms with E-state index in [0.29, 0.717) is 6.42 Å². The maximum Gasteiger partial charge on any atom is 0.0918 e. The van der Waals surface area contributed by atoms with E-state index < -0.39 is 0 Å². The Morgan fingerprint density at radius 2 is 2.17 bits per heavy atom. The number of hydrogen-bond donors (Lipinski definition) is 2. The molecule has 0 atom stereocenters. The van der Waals surface area contributed by atoms with Gasteiger partial charge < -0.3 is 15.4 Å². The minimum absolute atomic E-state index is 0.248. The number of amidine groups is 1. The molecule has 0 amide bonds. The van der Waals surface area contributed by atoms with E-state index in [1.54, 1.807) is 0 Å². The second kappa shape index (κ2) is 7.06. The van der Waals surface area contributed by atoms with Gasteiger partial charge in [-0.3, -0.25) is 5.41 Å². The molecule has 0 rings (SSSR count). The number of hydrogen-bond acceptors (Lipinski definition) is 3. The smallest absolute Gasteiger partial charge is 0.0918 e. The molecule has 0 aliphatic carbocycles. The lowest BCUT2D eigenvalue weighted by molar-refractivity contribution is 0.123. The third-order valence-electron chi connectivity index (χ3n) is 1.58. The Labute approximate surface area is 74.2 Å². The third-order valence-corrected chi connectivity index (χ3v) is 1.58. The second-order valence-electron chi connectivity index (χ2n) is 2.78. The number of nitrogens with zero attached hydrogens (tertiary/aromatic N) is 1. The number of nitrogens with two attached hydrogens (primary N) is 1. The lowest BCUT2D eigenvalue weighted by Gasteiger charge is -2.15. The summed E-state index contributed by atoms with van der Waals surface area (Å²) < 4.78 is 5.18. The molecule has 0 bridgehead atoms. The maximum atomic E-state index is 7.02. The molecule has 12 heavy (non-hydrogen) atoms. The molecule has 0 aliphatic heterocycles. The monoisotopic (exact) mass is 173 g/mol. The van der Waals surface area contributed by atoms with Crippen LogP contribution in [0.5, 0.6) is 0 Å². The molecule has 0 unspecified atom stereocenters. The van der Waals surface area contributed by atoms with E-state index >= 15 is 0 Å². The zero-order valence-electron chi connectivity index (χ0n) is 7.97. The molecule has 0 radical (unpaired) electrons. The average molecular weight is 173 g/mol. The molecule has 0 heterocycles. The first-order valence-corrected chi connectivity index (χ1v) is 4.26. The Hall–Kier alpha value is -0.610. The number of rotatable bonds is 7. The van der Waals surface area contributed by atoms with Gasteiger partial charge in [0.15, 0.2) is 0 Å². The number of ether oxygens (including phenoxy) is 1. The van der Waals surface area contributed by atoms with Gasteiger partial charge in [-0.25, -0.2) is 0 Å². The van der Waals surface area contributed by atoms with Crippen LogP contribution in [0.4, 0.5) is 0 Å². The van der Waals surface area contributed by atoms with Gasteiger partial charge in [-0.15, -0.1) is 0 Å². The molecular formula is C8H19N3O. The van der Waals surface area contributed by atoms with E-state index in [0.717, 1.165) is 26.3 Å². The minimum atomic E-state index is 0.248. The van der Waals surface area contributed by atoms with Crippen LogP contribution in [0, 0.1) is 5.41 Å². The van der Waals surface area contributed by atoms with Crippen molar-refractivity contribution in [1.82, 2.24) is 4.90 Å². The van der Waals surface area contributed by atoms with Crippen molar-refractivity contribution in [1.29, 1.82) is 5.41 Å². The summed E-state index contributed by atoms with van der Waals surface area (Å²) in [6.07, 6.45) is 0.641. The van der Waals surface area contributed by atoms with Crippen LogP contribution in [0.3, 0.4) is 0 Å². The Bertz CT molecular complexity index is 127. The van der Waals surface area contributed by atoms with Crippen LogP contribution < -0.4 is 5.73 Å². The summed E-state index contributed by atoms with van der Waals surface area (Å²) in [6.45, 7) is 5.24. The van der Waals surface area contributed by atoms with Crippen LogP contribution in [-0.2, 0) is 4.74 Å². The molecule has 0 aliphatic rings. The van der Waals surface area contributed by atoms with Gasteiger partial charge in [-0.1, -0.05) is 0 Å². The van der Waals surface area contributed by atoms with E-state index in [-0.39, 0.29) is 5.84 Å². The average Bonchev–Trinajstić information content (AvgIpc) is 2.01. The van der Waals surface area contributed by atoms with Crippen molar-refractivity contribution in [2.45, 2.75) is 13.3 Å². The van der Waals surface area contributed by atoms with Crippen molar-refractivity contribution in [3.63, 3.8) is 0 Å². The molecule has 3 N–H and O–H groups in total. The number of nitrogens with one attached hydrogen (secondary N) is 1. The van der Waals surface area contributed by atoms with Crippen LogP contribution >= 0.6 is 0 Å². The molecule has 0 spiro atoms. The van der Waals surface area contributed by atoms with Crippen LogP contribution in [0.25, 0.3) is 0 Å². The van der Waals surface area contributed by atoms with Crippen molar-refractivity contribution in [3.8, 4) is 0 Å². The van der Waals surface area contributed by atoms with Gasteiger partial charge in [-0.2, -0.15) is 0 Å². The molecule has 72 valence electrons. The Kier molecular flexibility index (Phi) is 6.70. The molecule has 0 saturated heterocycles.